The smallest absolute Gasteiger partial charge is 0.358 e. The predicted molar refractivity (Wildman–Crippen MR) is 136 cm³/mol. The van der Waals surface area contributed by atoms with Crippen molar-refractivity contribution in [1.29, 1.82) is 0 Å². The van der Waals surface area contributed by atoms with Crippen molar-refractivity contribution in [3.05, 3.63) is 60.4 Å². The number of anilines is 1. The number of esters is 1. The lowest BCUT2D eigenvalue weighted by molar-refractivity contribution is -0.135. The fourth-order valence-corrected chi connectivity index (χ4v) is 4.44. The molecule has 0 spiro atoms. The zero-order valence-corrected chi connectivity index (χ0v) is 20.7. The highest BCUT2D eigenvalue weighted by Crippen LogP contribution is 2.27. The normalized spacial score (nSPS) is 14.6. The molecule has 1 fully saturated rings. The lowest BCUT2D eigenvalue weighted by atomic mass is 10.0. The van der Waals surface area contributed by atoms with Gasteiger partial charge in [0, 0.05) is 49.5 Å². The van der Waals surface area contributed by atoms with E-state index in [-0.39, 0.29) is 24.1 Å². The summed E-state index contributed by atoms with van der Waals surface area (Å²) in [5.74, 6) is 0.525. The minimum atomic E-state index is -0.458. The lowest BCUT2D eigenvalue weighted by Gasteiger charge is -2.37. The predicted octanol–water partition coefficient (Wildman–Crippen LogP) is 4.20. The Balaban J connectivity index is 1.51. The summed E-state index contributed by atoms with van der Waals surface area (Å²) in [7, 11) is 0. The fraction of sp³-hybridized carbons (Fsp3) is 0.407. The zero-order chi connectivity index (χ0) is 24.8. The molecule has 35 heavy (non-hydrogen) atoms. The van der Waals surface area contributed by atoms with E-state index in [1.165, 1.54) is 0 Å². The van der Waals surface area contributed by atoms with E-state index >= 15 is 0 Å². The molecule has 1 atom stereocenters. The summed E-state index contributed by atoms with van der Waals surface area (Å²) in [6, 6.07) is 15.5. The van der Waals surface area contributed by atoms with E-state index in [2.05, 4.69) is 34.0 Å². The maximum atomic E-state index is 12.6. The topological polar surface area (TPSA) is 80.6 Å². The third kappa shape index (κ3) is 5.53. The van der Waals surface area contributed by atoms with Crippen LogP contribution in [0.3, 0.4) is 0 Å². The molecule has 184 valence electrons. The van der Waals surface area contributed by atoms with Gasteiger partial charge in [0.05, 0.1) is 12.3 Å². The number of aromatic nitrogens is 3. The number of pyridine rings is 1. The molecule has 8 nitrogen and oxygen atoms in total. The summed E-state index contributed by atoms with van der Waals surface area (Å²) in [5, 5.41) is 4.47. The number of piperazine rings is 1. The third-order valence-electron chi connectivity index (χ3n) is 6.32. The Bertz CT molecular complexity index is 1140. The van der Waals surface area contributed by atoms with Gasteiger partial charge in [-0.15, -0.1) is 0 Å². The van der Waals surface area contributed by atoms with Crippen molar-refractivity contribution in [2.45, 2.75) is 33.6 Å². The van der Waals surface area contributed by atoms with E-state index in [4.69, 9.17) is 4.74 Å². The second-order valence-corrected chi connectivity index (χ2v) is 8.78. The fourth-order valence-electron chi connectivity index (χ4n) is 4.44. The first-order valence-electron chi connectivity index (χ1n) is 12.3. The van der Waals surface area contributed by atoms with E-state index in [0.717, 1.165) is 56.0 Å². The molecule has 0 saturated carbocycles. The molecular weight excluding hydrogens is 442 g/mol. The van der Waals surface area contributed by atoms with Crippen molar-refractivity contribution in [2.75, 3.05) is 37.7 Å². The lowest BCUT2D eigenvalue weighted by Crippen LogP contribution is -2.50. The van der Waals surface area contributed by atoms with Crippen molar-refractivity contribution < 1.29 is 14.3 Å². The zero-order valence-electron chi connectivity index (χ0n) is 20.7. The summed E-state index contributed by atoms with van der Waals surface area (Å²) < 4.78 is 6.82. The molecule has 4 rings (SSSR count). The Morgan fingerprint density at radius 3 is 2.40 bits per heavy atom. The number of carbonyl (C=O) groups excluding carboxylic acids is 2. The van der Waals surface area contributed by atoms with Crippen LogP contribution in [-0.4, -0.2) is 64.3 Å². The van der Waals surface area contributed by atoms with Crippen LogP contribution < -0.4 is 4.90 Å². The monoisotopic (exact) mass is 475 g/mol. The van der Waals surface area contributed by atoms with Crippen molar-refractivity contribution in [3.63, 3.8) is 0 Å². The van der Waals surface area contributed by atoms with Gasteiger partial charge in [0.1, 0.15) is 0 Å². The molecule has 3 aromatic rings. The maximum Gasteiger partial charge on any atom is 0.358 e. The third-order valence-corrected chi connectivity index (χ3v) is 6.32. The molecule has 1 aromatic carbocycles. The largest absolute Gasteiger partial charge is 0.461 e. The van der Waals surface area contributed by atoms with Gasteiger partial charge in [0.2, 0.25) is 5.91 Å². The van der Waals surface area contributed by atoms with Gasteiger partial charge in [0.25, 0.3) is 0 Å². The van der Waals surface area contributed by atoms with Gasteiger partial charge in [-0.25, -0.2) is 14.5 Å². The molecule has 0 bridgehead atoms. The average molecular weight is 476 g/mol. The van der Waals surface area contributed by atoms with Crippen LogP contribution in [0, 0.1) is 5.92 Å². The van der Waals surface area contributed by atoms with Crippen LogP contribution >= 0.6 is 0 Å². The molecule has 2 aromatic heterocycles. The average Bonchev–Trinajstić information content (AvgIpc) is 3.35. The molecule has 3 heterocycles. The van der Waals surface area contributed by atoms with E-state index in [1.54, 1.807) is 23.9 Å². The molecule has 1 amide bonds. The van der Waals surface area contributed by atoms with Crippen LogP contribution in [0.15, 0.2) is 54.7 Å². The number of carbonyl (C=O) groups is 2. The van der Waals surface area contributed by atoms with Crippen LogP contribution in [0.1, 0.15) is 44.1 Å². The summed E-state index contributed by atoms with van der Waals surface area (Å²) in [6.07, 6.45) is 3.66. The van der Waals surface area contributed by atoms with Crippen molar-refractivity contribution >= 4 is 17.6 Å². The van der Waals surface area contributed by atoms with E-state index < -0.39 is 5.97 Å². The van der Waals surface area contributed by atoms with E-state index in [0.29, 0.717) is 5.82 Å². The van der Waals surface area contributed by atoms with E-state index in [1.807, 2.05) is 42.2 Å². The number of hydrogen-bond acceptors (Lipinski definition) is 6. The SMILES string of the molecule is CCC[C@H](C)C(=O)N1CCN(c2ccc(-c3cc(C(=O)OCC)nn3-c3ccccn3)cc2)CC1. The second-order valence-electron chi connectivity index (χ2n) is 8.78. The molecule has 1 saturated heterocycles. The van der Waals surface area contributed by atoms with Gasteiger partial charge in [-0.3, -0.25) is 4.79 Å². The molecule has 1 aliphatic heterocycles. The first kappa shape index (κ1) is 24.4. The van der Waals surface area contributed by atoms with Crippen molar-refractivity contribution in [3.8, 4) is 17.1 Å². The number of nitrogens with zero attached hydrogens (tertiary/aromatic N) is 5. The van der Waals surface area contributed by atoms with Crippen LogP contribution in [0.25, 0.3) is 17.1 Å². The highest BCUT2D eigenvalue weighted by atomic mass is 16.5. The molecule has 0 aliphatic carbocycles. The van der Waals surface area contributed by atoms with Gasteiger partial charge in [-0.1, -0.05) is 38.5 Å². The maximum absolute atomic E-state index is 12.6. The minimum Gasteiger partial charge on any atom is -0.461 e. The first-order chi connectivity index (χ1) is 17.0. The molecule has 1 aliphatic rings. The number of ether oxygens (including phenoxy) is 1. The molecule has 8 heteroatoms. The Labute approximate surface area is 206 Å². The van der Waals surface area contributed by atoms with E-state index in [9.17, 15) is 9.59 Å². The summed E-state index contributed by atoms with van der Waals surface area (Å²) in [5.41, 5.74) is 3.04. The number of rotatable bonds is 8. The van der Waals surface area contributed by atoms with Gasteiger partial charge in [-0.05, 0) is 43.7 Å². The van der Waals surface area contributed by atoms with Crippen LogP contribution in [0.4, 0.5) is 5.69 Å². The molecule has 0 N–H and O–H groups in total. The number of hydrogen-bond donors (Lipinski definition) is 0. The summed E-state index contributed by atoms with van der Waals surface area (Å²) >= 11 is 0. The summed E-state index contributed by atoms with van der Waals surface area (Å²) in [4.78, 5) is 33.7. The van der Waals surface area contributed by atoms with Crippen LogP contribution in [-0.2, 0) is 9.53 Å². The Hall–Kier alpha value is -3.68. The van der Waals surface area contributed by atoms with Crippen molar-refractivity contribution in [2.24, 2.45) is 5.92 Å². The summed E-state index contributed by atoms with van der Waals surface area (Å²) in [6.45, 7) is 9.30. The second kappa shape index (κ2) is 11.2. The first-order valence-corrected chi connectivity index (χ1v) is 12.3. The molecular formula is C27H33N5O3. The highest BCUT2D eigenvalue weighted by molar-refractivity contribution is 5.89. The number of amides is 1. The Kier molecular flexibility index (Phi) is 7.80. The quantitative estimate of drug-likeness (QED) is 0.455. The molecule has 0 unspecified atom stereocenters. The van der Waals surface area contributed by atoms with Gasteiger partial charge < -0.3 is 14.5 Å². The van der Waals surface area contributed by atoms with Crippen molar-refractivity contribution in [1.82, 2.24) is 19.7 Å². The highest BCUT2D eigenvalue weighted by Gasteiger charge is 2.25. The van der Waals surface area contributed by atoms with Crippen LogP contribution in [0.2, 0.25) is 0 Å². The molecule has 0 radical (unpaired) electrons. The Morgan fingerprint density at radius 1 is 1.03 bits per heavy atom. The number of benzene rings is 1. The standard InChI is InChI=1S/C27H33N5O3/c1-4-8-20(3)26(33)31-17-15-30(16-18-31)22-12-10-21(11-13-22)24-19-23(27(34)35-5-2)29-32(24)25-9-6-7-14-28-25/h6-7,9-14,19-20H,4-5,8,15-18H2,1-3H3/t20-/m0/s1. The Morgan fingerprint density at radius 2 is 1.77 bits per heavy atom. The minimum absolute atomic E-state index is 0.0919. The van der Waals surface area contributed by atoms with Gasteiger partial charge in [-0.2, -0.15) is 5.10 Å². The van der Waals surface area contributed by atoms with Crippen LogP contribution in [0.5, 0.6) is 0 Å². The van der Waals surface area contributed by atoms with Gasteiger partial charge in [0.15, 0.2) is 11.5 Å². The van der Waals surface area contributed by atoms with Gasteiger partial charge >= 0.3 is 5.97 Å².